The Morgan fingerprint density at radius 2 is 1.64 bits per heavy atom. The molecule has 0 bridgehead atoms. The number of benzene rings is 3. The number of hydrogen-bond donors (Lipinski definition) is 4. The molecule has 1 fully saturated rings. The fourth-order valence-electron chi connectivity index (χ4n) is 4.83. The van der Waals surface area contributed by atoms with Crippen molar-refractivity contribution in [1.29, 1.82) is 0 Å². The van der Waals surface area contributed by atoms with Gasteiger partial charge in [-0.15, -0.1) is 0 Å². The largest absolute Gasteiger partial charge is 0.397 e. The second-order valence-corrected chi connectivity index (χ2v) is 10.5. The lowest BCUT2D eigenvalue weighted by atomic mass is 9.99. The van der Waals surface area contributed by atoms with Gasteiger partial charge < -0.3 is 15.8 Å². The molecule has 0 radical (unpaired) electrons. The number of nitrogen functional groups attached to an aromatic ring is 1. The predicted molar refractivity (Wildman–Crippen MR) is 132 cm³/mol. The number of aromatic nitrogens is 1. The summed E-state index contributed by atoms with van der Waals surface area (Å²) >= 11 is 0. The third-order valence-electron chi connectivity index (χ3n) is 6.61. The highest BCUT2D eigenvalue weighted by Crippen LogP contribution is 2.35. The molecule has 0 amide bonds. The van der Waals surface area contributed by atoms with Crippen LogP contribution in [-0.2, 0) is 10.0 Å². The van der Waals surface area contributed by atoms with Gasteiger partial charge in [-0.05, 0) is 53.8 Å². The molecule has 6 nitrogen and oxygen atoms in total. The predicted octanol–water partition coefficient (Wildman–Crippen LogP) is 4.67. The van der Waals surface area contributed by atoms with Gasteiger partial charge in [0.1, 0.15) is 0 Å². The second-order valence-electron chi connectivity index (χ2n) is 8.83. The average Bonchev–Trinajstić information content (AvgIpc) is 3.49. The summed E-state index contributed by atoms with van der Waals surface area (Å²) in [5.41, 5.74) is 10.5. The minimum absolute atomic E-state index is 0.197. The summed E-state index contributed by atoms with van der Waals surface area (Å²) < 4.78 is 29.5. The van der Waals surface area contributed by atoms with E-state index < -0.39 is 15.6 Å². The molecule has 1 heterocycles. The molecule has 7 heteroatoms. The first-order valence-corrected chi connectivity index (χ1v) is 12.6. The van der Waals surface area contributed by atoms with Crippen LogP contribution >= 0.6 is 0 Å². The van der Waals surface area contributed by atoms with E-state index in [1.165, 1.54) is 0 Å². The highest BCUT2D eigenvalue weighted by atomic mass is 32.2. The van der Waals surface area contributed by atoms with Gasteiger partial charge in [0, 0.05) is 17.1 Å². The van der Waals surface area contributed by atoms with Crippen LogP contribution in [0.25, 0.3) is 33.2 Å². The molecule has 33 heavy (non-hydrogen) atoms. The molecule has 1 aliphatic rings. The first kappa shape index (κ1) is 21.7. The number of sulfonamides is 1. The third kappa shape index (κ3) is 4.04. The number of anilines is 1. The third-order valence-corrected chi connectivity index (χ3v) is 8.25. The zero-order chi connectivity index (χ0) is 23.1. The maximum atomic E-state index is 13.3. The Labute approximate surface area is 193 Å². The van der Waals surface area contributed by atoms with Crippen molar-refractivity contribution in [2.24, 2.45) is 0 Å². The van der Waals surface area contributed by atoms with E-state index >= 15 is 0 Å². The standard InChI is InChI=1S/C26H27N3O3S/c27-23-16-21(15-20-11-14-28-25(20)23)18-7-9-19(10-8-18)22-5-1-2-6-24(22)33(31,32)29-26(17-30)12-3-4-13-26/h1-2,5-11,14-16,28-30H,3-4,12-13,17,27H2. The smallest absolute Gasteiger partial charge is 0.241 e. The van der Waals surface area contributed by atoms with Crippen molar-refractivity contribution >= 4 is 26.6 Å². The first-order valence-electron chi connectivity index (χ1n) is 11.1. The van der Waals surface area contributed by atoms with E-state index in [4.69, 9.17) is 5.73 Å². The number of fused-ring (bicyclic) bond motifs is 1. The first-order chi connectivity index (χ1) is 15.9. The van der Waals surface area contributed by atoms with E-state index in [1.807, 2.05) is 54.7 Å². The van der Waals surface area contributed by atoms with Crippen LogP contribution in [0.4, 0.5) is 5.69 Å². The van der Waals surface area contributed by atoms with Crippen molar-refractivity contribution in [3.05, 3.63) is 72.9 Å². The summed E-state index contributed by atoms with van der Waals surface area (Å²) in [5.74, 6) is 0. The summed E-state index contributed by atoms with van der Waals surface area (Å²) in [5, 5.41) is 10.9. The van der Waals surface area contributed by atoms with E-state index in [-0.39, 0.29) is 11.5 Å². The van der Waals surface area contributed by atoms with E-state index in [1.54, 1.807) is 12.1 Å². The molecule has 0 spiro atoms. The minimum Gasteiger partial charge on any atom is -0.397 e. The molecule has 4 aromatic rings. The Morgan fingerprint density at radius 1 is 0.939 bits per heavy atom. The Morgan fingerprint density at radius 3 is 2.36 bits per heavy atom. The van der Waals surface area contributed by atoms with Crippen LogP contribution in [0.2, 0.25) is 0 Å². The SMILES string of the molecule is Nc1cc(-c2ccc(-c3ccccc3S(=O)(=O)NC3(CO)CCCC3)cc2)cc2cc[nH]c12. The summed E-state index contributed by atoms with van der Waals surface area (Å²) in [4.78, 5) is 3.36. The van der Waals surface area contributed by atoms with Crippen LogP contribution in [0.5, 0.6) is 0 Å². The van der Waals surface area contributed by atoms with Gasteiger partial charge in [0.2, 0.25) is 10.0 Å². The average molecular weight is 462 g/mol. The molecule has 5 rings (SSSR count). The fourth-order valence-corrected chi connectivity index (χ4v) is 6.52. The summed E-state index contributed by atoms with van der Waals surface area (Å²) in [7, 11) is -3.81. The fraction of sp³-hybridized carbons (Fsp3) is 0.231. The van der Waals surface area contributed by atoms with Crippen LogP contribution in [0.3, 0.4) is 0 Å². The molecule has 1 saturated carbocycles. The van der Waals surface area contributed by atoms with Gasteiger partial charge in [0.25, 0.3) is 0 Å². The Bertz CT molecular complexity index is 1400. The second kappa shape index (κ2) is 8.33. The lowest BCUT2D eigenvalue weighted by Crippen LogP contribution is -2.49. The van der Waals surface area contributed by atoms with Crippen molar-refractivity contribution in [2.45, 2.75) is 36.1 Å². The van der Waals surface area contributed by atoms with Gasteiger partial charge in [-0.25, -0.2) is 13.1 Å². The van der Waals surface area contributed by atoms with Gasteiger partial charge in [-0.3, -0.25) is 0 Å². The molecule has 170 valence electrons. The quantitative estimate of drug-likeness (QED) is 0.313. The molecule has 1 aromatic heterocycles. The summed E-state index contributed by atoms with van der Waals surface area (Å²) in [6.07, 6.45) is 4.98. The van der Waals surface area contributed by atoms with Gasteiger partial charge in [0.15, 0.2) is 0 Å². The van der Waals surface area contributed by atoms with Gasteiger partial charge in [-0.2, -0.15) is 0 Å². The molecule has 0 atom stereocenters. The van der Waals surface area contributed by atoms with Crippen LogP contribution in [0, 0.1) is 0 Å². The Balaban J connectivity index is 1.49. The van der Waals surface area contributed by atoms with Crippen molar-refractivity contribution in [3.8, 4) is 22.3 Å². The number of aliphatic hydroxyl groups excluding tert-OH is 1. The number of aromatic amines is 1. The lowest BCUT2D eigenvalue weighted by Gasteiger charge is -2.28. The molecular weight excluding hydrogens is 434 g/mol. The van der Waals surface area contributed by atoms with Gasteiger partial charge >= 0.3 is 0 Å². The normalized spacial score (nSPS) is 15.8. The number of rotatable bonds is 6. The summed E-state index contributed by atoms with van der Waals surface area (Å²) in [6.45, 7) is -0.197. The van der Waals surface area contributed by atoms with Gasteiger partial charge in [0.05, 0.1) is 28.2 Å². The van der Waals surface area contributed by atoms with Crippen LogP contribution in [0.15, 0.2) is 77.8 Å². The van der Waals surface area contributed by atoms with Crippen molar-refractivity contribution < 1.29 is 13.5 Å². The zero-order valence-electron chi connectivity index (χ0n) is 18.2. The van der Waals surface area contributed by atoms with Gasteiger partial charge in [-0.1, -0.05) is 55.3 Å². The molecule has 5 N–H and O–H groups in total. The van der Waals surface area contributed by atoms with E-state index in [0.29, 0.717) is 24.1 Å². The molecule has 0 saturated heterocycles. The Hall–Kier alpha value is -3.13. The molecule has 3 aromatic carbocycles. The van der Waals surface area contributed by atoms with Crippen LogP contribution in [-0.4, -0.2) is 30.7 Å². The lowest BCUT2D eigenvalue weighted by molar-refractivity contribution is 0.185. The molecular formula is C26H27N3O3S. The van der Waals surface area contributed by atoms with Crippen molar-refractivity contribution in [3.63, 3.8) is 0 Å². The number of H-pyrrole nitrogens is 1. The zero-order valence-corrected chi connectivity index (χ0v) is 19.0. The molecule has 0 aliphatic heterocycles. The maximum Gasteiger partial charge on any atom is 0.241 e. The number of hydrogen-bond acceptors (Lipinski definition) is 4. The molecule has 0 unspecified atom stereocenters. The number of nitrogens with two attached hydrogens (primary N) is 1. The van der Waals surface area contributed by atoms with Crippen LogP contribution in [0.1, 0.15) is 25.7 Å². The highest BCUT2D eigenvalue weighted by molar-refractivity contribution is 7.89. The molecule has 1 aliphatic carbocycles. The number of aliphatic hydroxyl groups is 1. The monoisotopic (exact) mass is 461 g/mol. The summed E-state index contributed by atoms with van der Waals surface area (Å²) in [6, 6.07) is 20.8. The van der Waals surface area contributed by atoms with Crippen LogP contribution < -0.4 is 10.5 Å². The van der Waals surface area contributed by atoms with E-state index in [0.717, 1.165) is 40.4 Å². The number of nitrogens with one attached hydrogen (secondary N) is 2. The highest BCUT2D eigenvalue weighted by Gasteiger charge is 2.38. The minimum atomic E-state index is -3.81. The Kier molecular flexibility index (Phi) is 5.48. The van der Waals surface area contributed by atoms with E-state index in [9.17, 15) is 13.5 Å². The maximum absolute atomic E-state index is 13.3. The van der Waals surface area contributed by atoms with Crippen molar-refractivity contribution in [1.82, 2.24) is 9.71 Å². The topological polar surface area (TPSA) is 108 Å². The van der Waals surface area contributed by atoms with E-state index in [2.05, 4.69) is 15.8 Å². The van der Waals surface area contributed by atoms with Crippen molar-refractivity contribution in [2.75, 3.05) is 12.3 Å².